The zero-order chi connectivity index (χ0) is 20.1. The number of nitrogens with zero attached hydrogens (tertiary/aromatic N) is 2. The molecule has 2 saturated heterocycles. The second kappa shape index (κ2) is 8.26. The number of hydrogen-bond donors (Lipinski definition) is 1. The topological polar surface area (TPSA) is 37.3 Å². The first-order chi connectivity index (χ1) is 14.0. The van der Waals surface area contributed by atoms with Gasteiger partial charge in [-0.05, 0) is 44.4 Å². The largest absolute Gasteiger partial charge is 0.349 e. The molecule has 2 aliphatic heterocycles. The Morgan fingerprint density at radius 1 is 1.00 bits per heavy atom. The minimum absolute atomic E-state index is 0. The van der Waals surface area contributed by atoms with Crippen molar-refractivity contribution >= 4 is 40.8 Å². The van der Waals surface area contributed by atoms with Crippen LogP contribution in [0.5, 0.6) is 0 Å². The molecule has 2 atom stereocenters. The first-order valence-corrected chi connectivity index (χ1v) is 10.8. The van der Waals surface area contributed by atoms with E-state index < -0.39 is 0 Å². The zero-order valence-corrected chi connectivity index (χ0v) is 18.8. The first-order valence-electron chi connectivity index (χ1n) is 10.4. The fraction of sp³-hybridized carbons (Fsp3) is 0.375. The molecule has 1 N–H and O–H groups in total. The summed E-state index contributed by atoms with van der Waals surface area (Å²) in [7, 11) is 4.21. The number of rotatable bonds is 3. The van der Waals surface area contributed by atoms with E-state index in [2.05, 4.69) is 34.0 Å². The smallest absolute Gasteiger partial charge is 0.254 e. The molecule has 0 aliphatic carbocycles. The molecule has 0 radical (unpaired) electrons. The zero-order valence-electron chi connectivity index (χ0n) is 17.3. The van der Waals surface area contributed by atoms with Gasteiger partial charge in [-0.15, -0.1) is 12.4 Å². The van der Waals surface area contributed by atoms with Gasteiger partial charge >= 0.3 is 0 Å². The maximum absolute atomic E-state index is 13.6. The van der Waals surface area contributed by atoms with Crippen molar-refractivity contribution in [1.82, 2.24) is 14.8 Å². The van der Waals surface area contributed by atoms with Crippen molar-refractivity contribution in [3.63, 3.8) is 0 Å². The lowest BCUT2D eigenvalue weighted by molar-refractivity contribution is 0.0884. The number of piperidine rings is 1. The molecule has 158 valence electrons. The molecule has 1 aromatic heterocycles. The molecular formula is C24H27Cl2N3O. The van der Waals surface area contributed by atoms with Crippen LogP contribution < -0.4 is 5.32 Å². The highest BCUT2D eigenvalue weighted by Crippen LogP contribution is 2.38. The Morgan fingerprint density at radius 3 is 2.33 bits per heavy atom. The molecule has 30 heavy (non-hydrogen) atoms. The molecule has 3 aromatic rings. The van der Waals surface area contributed by atoms with Crippen molar-refractivity contribution in [1.29, 1.82) is 0 Å². The summed E-state index contributed by atoms with van der Waals surface area (Å²) in [6.07, 6.45) is 4.55. The van der Waals surface area contributed by atoms with Gasteiger partial charge in [0.25, 0.3) is 5.91 Å². The van der Waals surface area contributed by atoms with E-state index >= 15 is 0 Å². The number of carbonyl (C=O) groups is 1. The number of benzene rings is 2. The van der Waals surface area contributed by atoms with E-state index in [-0.39, 0.29) is 24.4 Å². The quantitative estimate of drug-likeness (QED) is 0.597. The van der Waals surface area contributed by atoms with Crippen LogP contribution >= 0.6 is 24.0 Å². The Bertz CT molecular complexity index is 1060. The number of carbonyl (C=O) groups excluding carboxylic acids is 1. The molecule has 3 heterocycles. The molecule has 2 fully saturated rings. The highest BCUT2D eigenvalue weighted by molar-refractivity contribution is 6.36. The van der Waals surface area contributed by atoms with Gasteiger partial charge < -0.3 is 14.8 Å². The van der Waals surface area contributed by atoms with Gasteiger partial charge in [0.15, 0.2) is 0 Å². The van der Waals surface area contributed by atoms with Gasteiger partial charge in [0, 0.05) is 30.6 Å². The SMILES string of the molecule is CN1C2CCC1CC(NC(=O)c1c(-c3ccccc3)n(C)c3c(Cl)cccc13)C2.Cl. The molecule has 4 nitrogen and oxygen atoms in total. The summed E-state index contributed by atoms with van der Waals surface area (Å²) in [5.74, 6) is 0.00525. The summed E-state index contributed by atoms with van der Waals surface area (Å²) in [5.41, 5.74) is 3.57. The average Bonchev–Trinajstić information content (AvgIpc) is 3.11. The van der Waals surface area contributed by atoms with Gasteiger partial charge in [-0.3, -0.25) is 4.79 Å². The molecule has 5 rings (SSSR count). The first kappa shape index (κ1) is 21.2. The third-order valence-corrected chi connectivity index (χ3v) is 7.18. The van der Waals surface area contributed by atoms with Crippen LogP contribution in [0.1, 0.15) is 36.0 Å². The van der Waals surface area contributed by atoms with E-state index in [1.807, 2.05) is 43.4 Å². The van der Waals surface area contributed by atoms with Gasteiger partial charge in [-0.1, -0.05) is 54.1 Å². The number of fused-ring (bicyclic) bond motifs is 3. The van der Waals surface area contributed by atoms with Crippen molar-refractivity contribution in [2.24, 2.45) is 7.05 Å². The molecule has 2 bridgehead atoms. The van der Waals surface area contributed by atoms with Crippen LogP contribution in [0, 0.1) is 0 Å². The van der Waals surface area contributed by atoms with Gasteiger partial charge in [-0.2, -0.15) is 0 Å². The summed E-state index contributed by atoms with van der Waals surface area (Å²) in [5, 5.41) is 4.94. The fourth-order valence-corrected chi connectivity index (χ4v) is 5.72. The standard InChI is InChI=1S/C24H26ClN3O.ClH/c1-27-17-11-12-18(27)14-16(13-17)26-24(29)21-19-9-6-10-20(25)23(19)28(2)22(21)15-7-4-3-5-8-15;/h3-10,16-18H,11-14H2,1-2H3,(H,26,29);1H. The van der Waals surface area contributed by atoms with Gasteiger partial charge in [0.05, 0.1) is 21.8 Å². The van der Waals surface area contributed by atoms with Crippen molar-refractivity contribution in [3.05, 3.63) is 59.1 Å². The van der Waals surface area contributed by atoms with Crippen molar-refractivity contribution in [3.8, 4) is 11.3 Å². The molecule has 0 saturated carbocycles. The maximum atomic E-state index is 13.6. The molecule has 1 amide bonds. The van der Waals surface area contributed by atoms with Crippen molar-refractivity contribution < 1.29 is 4.79 Å². The molecule has 2 unspecified atom stereocenters. The number of para-hydroxylation sites is 1. The Kier molecular flexibility index (Phi) is 5.84. The summed E-state index contributed by atoms with van der Waals surface area (Å²) in [6.45, 7) is 0. The summed E-state index contributed by atoms with van der Waals surface area (Å²) < 4.78 is 2.06. The lowest BCUT2D eigenvalue weighted by Crippen LogP contribution is -2.48. The van der Waals surface area contributed by atoms with E-state index in [1.165, 1.54) is 12.8 Å². The van der Waals surface area contributed by atoms with Crippen LogP contribution in [0.15, 0.2) is 48.5 Å². The van der Waals surface area contributed by atoms with E-state index in [4.69, 9.17) is 11.6 Å². The monoisotopic (exact) mass is 443 g/mol. The summed E-state index contributed by atoms with van der Waals surface area (Å²) >= 11 is 6.54. The lowest BCUT2D eigenvalue weighted by atomic mass is 9.97. The molecule has 2 aliphatic rings. The Morgan fingerprint density at radius 2 is 1.67 bits per heavy atom. The summed E-state index contributed by atoms with van der Waals surface area (Å²) in [6, 6.07) is 17.3. The predicted molar refractivity (Wildman–Crippen MR) is 126 cm³/mol. The van der Waals surface area contributed by atoms with E-state index in [0.29, 0.717) is 17.1 Å². The fourth-order valence-electron chi connectivity index (χ4n) is 5.42. The number of aryl methyl sites for hydroxylation is 1. The van der Waals surface area contributed by atoms with Crippen LogP contribution in [0.2, 0.25) is 5.02 Å². The number of aromatic nitrogens is 1. The lowest BCUT2D eigenvalue weighted by Gasteiger charge is -2.36. The second-order valence-corrected chi connectivity index (χ2v) is 8.88. The number of hydrogen-bond acceptors (Lipinski definition) is 2. The van der Waals surface area contributed by atoms with Crippen LogP contribution in [0.4, 0.5) is 0 Å². The molecule has 6 heteroatoms. The van der Waals surface area contributed by atoms with Crippen molar-refractivity contribution in [2.75, 3.05) is 7.05 Å². The van der Waals surface area contributed by atoms with Crippen LogP contribution in [-0.4, -0.2) is 40.5 Å². The Hall–Kier alpha value is -2.01. The highest BCUT2D eigenvalue weighted by Gasteiger charge is 2.39. The normalized spacial score (nSPS) is 23.4. The molecule has 0 spiro atoms. The third-order valence-electron chi connectivity index (χ3n) is 6.87. The van der Waals surface area contributed by atoms with Crippen LogP contribution in [0.3, 0.4) is 0 Å². The number of halogens is 2. The Labute approximate surface area is 188 Å². The second-order valence-electron chi connectivity index (χ2n) is 8.48. The molecule has 2 aromatic carbocycles. The Balaban J connectivity index is 0.00000218. The predicted octanol–water partition coefficient (Wildman–Crippen LogP) is 5.28. The van der Waals surface area contributed by atoms with Crippen LogP contribution in [0.25, 0.3) is 22.2 Å². The number of nitrogens with one attached hydrogen (secondary N) is 1. The van der Waals surface area contributed by atoms with E-state index in [0.717, 1.165) is 40.6 Å². The highest BCUT2D eigenvalue weighted by atomic mass is 35.5. The van der Waals surface area contributed by atoms with Crippen LogP contribution in [-0.2, 0) is 7.05 Å². The van der Waals surface area contributed by atoms with Crippen molar-refractivity contribution in [2.45, 2.75) is 43.8 Å². The number of amides is 1. The average molecular weight is 444 g/mol. The van der Waals surface area contributed by atoms with Gasteiger partial charge in [0.1, 0.15) is 0 Å². The van der Waals surface area contributed by atoms with E-state index in [9.17, 15) is 4.79 Å². The molecular weight excluding hydrogens is 417 g/mol. The van der Waals surface area contributed by atoms with Gasteiger partial charge in [-0.25, -0.2) is 0 Å². The van der Waals surface area contributed by atoms with Gasteiger partial charge in [0.2, 0.25) is 0 Å². The minimum atomic E-state index is 0. The summed E-state index contributed by atoms with van der Waals surface area (Å²) in [4.78, 5) is 16.1. The minimum Gasteiger partial charge on any atom is -0.349 e. The van der Waals surface area contributed by atoms with E-state index in [1.54, 1.807) is 0 Å². The third kappa shape index (κ3) is 3.41. The maximum Gasteiger partial charge on any atom is 0.254 e.